The first-order chi connectivity index (χ1) is 11.6. The Kier molecular flexibility index (Phi) is 4.81. The molecule has 1 heterocycles. The molecule has 0 unspecified atom stereocenters. The lowest BCUT2D eigenvalue weighted by atomic mass is 10.0. The molecule has 1 fully saturated rings. The molecule has 126 valence electrons. The van der Waals surface area contributed by atoms with E-state index in [1.165, 1.54) is 11.0 Å². The molecule has 1 saturated heterocycles. The van der Waals surface area contributed by atoms with Crippen LogP contribution in [0.15, 0.2) is 42.5 Å². The minimum absolute atomic E-state index is 0.125. The summed E-state index contributed by atoms with van der Waals surface area (Å²) < 4.78 is 19.8. The van der Waals surface area contributed by atoms with Gasteiger partial charge in [0.15, 0.2) is 0 Å². The van der Waals surface area contributed by atoms with E-state index in [9.17, 15) is 9.18 Å². The molecule has 0 bridgehead atoms. The van der Waals surface area contributed by atoms with E-state index in [-0.39, 0.29) is 11.9 Å². The molecule has 1 aliphatic heterocycles. The third-order valence-corrected chi connectivity index (χ3v) is 4.24. The van der Waals surface area contributed by atoms with E-state index in [1.807, 2.05) is 38.2 Å². The summed E-state index contributed by atoms with van der Waals surface area (Å²) in [4.78, 5) is 13.4. The maximum Gasteiger partial charge on any atom is 0.414 e. The van der Waals surface area contributed by atoms with Crippen LogP contribution in [0.1, 0.15) is 18.9 Å². The molecule has 2 aromatic carbocycles. The van der Waals surface area contributed by atoms with Crippen molar-refractivity contribution in [3.05, 3.63) is 53.8 Å². The summed E-state index contributed by atoms with van der Waals surface area (Å²) in [6.07, 6.45) is 0.215. The highest BCUT2D eigenvalue weighted by Crippen LogP contribution is 2.29. The third kappa shape index (κ3) is 3.26. The summed E-state index contributed by atoms with van der Waals surface area (Å²) in [6, 6.07) is 12.6. The third-order valence-electron chi connectivity index (χ3n) is 4.24. The Morgan fingerprint density at radius 2 is 2.00 bits per heavy atom. The zero-order chi connectivity index (χ0) is 17.1. The van der Waals surface area contributed by atoms with Crippen LogP contribution >= 0.6 is 0 Å². The van der Waals surface area contributed by atoms with E-state index in [0.717, 1.165) is 24.1 Å². The quantitative estimate of drug-likeness (QED) is 0.904. The second-order valence-corrected chi connectivity index (χ2v) is 5.92. The molecule has 1 amide bonds. The highest BCUT2D eigenvalue weighted by atomic mass is 19.1. The summed E-state index contributed by atoms with van der Waals surface area (Å²) in [7, 11) is 1.89. The molecule has 0 spiro atoms. The van der Waals surface area contributed by atoms with Crippen molar-refractivity contribution in [2.75, 3.05) is 18.5 Å². The van der Waals surface area contributed by atoms with Gasteiger partial charge in [0.2, 0.25) is 0 Å². The lowest BCUT2D eigenvalue weighted by molar-refractivity contribution is 0.139. The number of carbonyl (C=O) groups excluding carboxylic acids is 1. The van der Waals surface area contributed by atoms with Gasteiger partial charge in [-0.1, -0.05) is 31.2 Å². The number of benzene rings is 2. The molecule has 3 rings (SSSR count). The van der Waals surface area contributed by atoms with E-state index in [0.29, 0.717) is 17.8 Å². The highest BCUT2D eigenvalue weighted by Gasteiger charge is 2.31. The fourth-order valence-electron chi connectivity index (χ4n) is 2.86. The molecule has 0 radical (unpaired) electrons. The summed E-state index contributed by atoms with van der Waals surface area (Å²) in [5.41, 5.74) is 3.01. The van der Waals surface area contributed by atoms with E-state index in [2.05, 4.69) is 5.32 Å². The smallest absolute Gasteiger partial charge is 0.414 e. The molecule has 0 saturated carbocycles. The maximum atomic E-state index is 14.6. The zero-order valence-corrected chi connectivity index (χ0v) is 13.9. The van der Waals surface area contributed by atoms with Gasteiger partial charge in [0, 0.05) is 12.1 Å². The number of halogens is 1. The van der Waals surface area contributed by atoms with Crippen molar-refractivity contribution in [1.29, 1.82) is 0 Å². The molecule has 4 nitrogen and oxygen atoms in total. The monoisotopic (exact) mass is 328 g/mol. The van der Waals surface area contributed by atoms with Crippen LogP contribution in [0, 0.1) is 5.82 Å². The molecule has 0 aromatic heterocycles. The summed E-state index contributed by atoms with van der Waals surface area (Å²) in [6.45, 7) is 3.20. The number of anilines is 1. The molecule has 1 atom stereocenters. The number of hydrogen-bond donors (Lipinski definition) is 1. The molecular weight excluding hydrogens is 307 g/mol. The number of hydrogen-bond acceptors (Lipinski definition) is 3. The van der Waals surface area contributed by atoms with Crippen molar-refractivity contribution in [3.63, 3.8) is 0 Å². The molecule has 0 aliphatic carbocycles. The Balaban J connectivity index is 1.83. The first-order valence-electron chi connectivity index (χ1n) is 8.14. The number of rotatable bonds is 5. The largest absolute Gasteiger partial charge is 0.444 e. The number of nitrogens with zero attached hydrogens (tertiary/aromatic N) is 1. The van der Waals surface area contributed by atoms with Gasteiger partial charge in [-0.05, 0) is 42.8 Å². The maximum absolute atomic E-state index is 14.6. The van der Waals surface area contributed by atoms with Crippen LogP contribution in [-0.4, -0.2) is 25.8 Å². The molecule has 1 aliphatic rings. The minimum atomic E-state index is -0.412. The van der Waals surface area contributed by atoms with Crippen LogP contribution < -0.4 is 10.2 Å². The predicted molar refractivity (Wildman–Crippen MR) is 92.5 cm³/mol. The van der Waals surface area contributed by atoms with Crippen LogP contribution in [0.2, 0.25) is 0 Å². The Labute approximate surface area is 141 Å². The topological polar surface area (TPSA) is 41.6 Å². The molecular formula is C19H21FN2O2. The Morgan fingerprint density at radius 1 is 1.25 bits per heavy atom. The van der Waals surface area contributed by atoms with Crippen LogP contribution in [0.25, 0.3) is 11.1 Å². The fourth-order valence-corrected chi connectivity index (χ4v) is 2.86. The number of ether oxygens (including phenoxy) is 1. The average Bonchev–Trinajstić information content (AvgIpc) is 2.97. The lowest BCUT2D eigenvalue weighted by Gasteiger charge is -2.14. The van der Waals surface area contributed by atoms with E-state index < -0.39 is 6.09 Å². The van der Waals surface area contributed by atoms with Crippen molar-refractivity contribution in [2.45, 2.75) is 26.0 Å². The Hall–Kier alpha value is -2.40. The average molecular weight is 328 g/mol. The van der Waals surface area contributed by atoms with Gasteiger partial charge in [-0.3, -0.25) is 4.90 Å². The van der Waals surface area contributed by atoms with Crippen molar-refractivity contribution in [2.24, 2.45) is 0 Å². The normalized spacial score (nSPS) is 17.2. The van der Waals surface area contributed by atoms with Crippen molar-refractivity contribution >= 4 is 11.8 Å². The van der Waals surface area contributed by atoms with Crippen LogP contribution in [-0.2, 0) is 11.3 Å². The molecule has 1 N–H and O–H groups in total. The van der Waals surface area contributed by atoms with E-state index in [4.69, 9.17) is 4.74 Å². The summed E-state index contributed by atoms with van der Waals surface area (Å²) in [5, 5.41) is 3.08. The Bertz CT molecular complexity index is 731. The van der Waals surface area contributed by atoms with Gasteiger partial charge in [0.05, 0.1) is 12.2 Å². The molecule has 2 aromatic rings. The van der Waals surface area contributed by atoms with Crippen LogP contribution in [0.3, 0.4) is 0 Å². The number of nitrogens with one attached hydrogen (secondary N) is 1. The second-order valence-electron chi connectivity index (χ2n) is 5.92. The van der Waals surface area contributed by atoms with Gasteiger partial charge < -0.3 is 10.1 Å². The van der Waals surface area contributed by atoms with E-state index >= 15 is 0 Å². The van der Waals surface area contributed by atoms with Gasteiger partial charge in [-0.15, -0.1) is 0 Å². The standard InChI is InChI=1S/C19H21FN2O2/c1-3-16-12-22(19(23)24-16)15-8-9-17(18(20)10-15)14-6-4-13(5-7-14)11-21-2/h4-10,16,21H,3,11-12H2,1-2H3/t16-/m0/s1. The second kappa shape index (κ2) is 7.01. The van der Waals surface area contributed by atoms with Gasteiger partial charge in [0.1, 0.15) is 11.9 Å². The summed E-state index contributed by atoms with van der Waals surface area (Å²) >= 11 is 0. The van der Waals surface area contributed by atoms with Crippen molar-refractivity contribution in [1.82, 2.24) is 5.32 Å². The van der Waals surface area contributed by atoms with Gasteiger partial charge >= 0.3 is 6.09 Å². The van der Waals surface area contributed by atoms with Crippen molar-refractivity contribution < 1.29 is 13.9 Å². The predicted octanol–water partition coefficient (Wildman–Crippen LogP) is 3.95. The summed E-state index contributed by atoms with van der Waals surface area (Å²) in [5.74, 6) is -0.346. The van der Waals surface area contributed by atoms with Crippen LogP contribution in [0.5, 0.6) is 0 Å². The highest BCUT2D eigenvalue weighted by molar-refractivity contribution is 5.90. The molecule has 24 heavy (non-hydrogen) atoms. The van der Waals surface area contributed by atoms with Gasteiger partial charge in [-0.2, -0.15) is 0 Å². The van der Waals surface area contributed by atoms with Gasteiger partial charge in [-0.25, -0.2) is 9.18 Å². The lowest BCUT2D eigenvalue weighted by Crippen LogP contribution is -2.24. The number of cyclic esters (lactones) is 1. The zero-order valence-electron chi connectivity index (χ0n) is 13.9. The fraction of sp³-hybridized carbons (Fsp3) is 0.316. The first kappa shape index (κ1) is 16.5. The number of amides is 1. The first-order valence-corrected chi connectivity index (χ1v) is 8.14. The number of carbonyl (C=O) groups is 1. The molecule has 5 heteroatoms. The van der Waals surface area contributed by atoms with Crippen LogP contribution in [0.4, 0.5) is 14.9 Å². The van der Waals surface area contributed by atoms with E-state index in [1.54, 1.807) is 12.1 Å². The SMILES string of the molecule is CC[C@H]1CN(c2ccc(-c3ccc(CNC)cc3)c(F)c2)C(=O)O1. The van der Waals surface area contributed by atoms with Crippen molar-refractivity contribution in [3.8, 4) is 11.1 Å². The minimum Gasteiger partial charge on any atom is -0.444 e. The van der Waals surface area contributed by atoms with Gasteiger partial charge in [0.25, 0.3) is 0 Å². The Morgan fingerprint density at radius 3 is 2.58 bits per heavy atom.